The van der Waals surface area contributed by atoms with Crippen molar-refractivity contribution in [3.8, 4) is 0 Å². The zero-order valence-electron chi connectivity index (χ0n) is 10.2. The van der Waals surface area contributed by atoms with Crippen molar-refractivity contribution in [1.82, 2.24) is 14.7 Å². The first-order valence-electron chi connectivity index (χ1n) is 5.58. The molecule has 0 radical (unpaired) electrons. The van der Waals surface area contributed by atoms with Gasteiger partial charge in [-0.3, -0.25) is 9.59 Å². The second-order valence-corrected chi connectivity index (χ2v) is 4.77. The summed E-state index contributed by atoms with van der Waals surface area (Å²) in [5.74, 6) is -2.14. The molecule has 20 heavy (non-hydrogen) atoms. The van der Waals surface area contributed by atoms with Crippen LogP contribution in [0.15, 0.2) is 24.3 Å². The Morgan fingerprint density at radius 2 is 1.80 bits per heavy atom. The molecule has 1 aliphatic heterocycles. The molecule has 0 N–H and O–H groups in total. The summed E-state index contributed by atoms with van der Waals surface area (Å²) in [4.78, 5) is 40.9. The van der Waals surface area contributed by atoms with E-state index in [1.165, 1.54) is 12.1 Å². The zero-order chi connectivity index (χ0) is 14.3. The van der Waals surface area contributed by atoms with E-state index >= 15 is 0 Å². The Morgan fingerprint density at radius 3 is 2.30 bits per heavy atom. The quantitative estimate of drug-likeness (QED) is 0.772. The van der Waals surface area contributed by atoms with Gasteiger partial charge in [-0.25, -0.2) is 4.79 Å². The molecular formula is C12H7N3O4S. The average Bonchev–Trinajstić information content (AvgIpc) is 2.97. The van der Waals surface area contributed by atoms with E-state index in [-0.39, 0.29) is 16.0 Å². The van der Waals surface area contributed by atoms with Crippen LogP contribution in [-0.2, 0) is 4.84 Å². The lowest BCUT2D eigenvalue weighted by molar-refractivity contribution is -0.0581. The Morgan fingerprint density at radius 1 is 1.20 bits per heavy atom. The van der Waals surface area contributed by atoms with Crippen LogP contribution in [0.3, 0.4) is 0 Å². The van der Waals surface area contributed by atoms with Gasteiger partial charge in [0.15, 0.2) is 4.88 Å². The summed E-state index contributed by atoms with van der Waals surface area (Å²) in [6.07, 6.45) is 0. The van der Waals surface area contributed by atoms with E-state index in [9.17, 15) is 14.4 Å². The van der Waals surface area contributed by atoms with Gasteiger partial charge in [0.2, 0.25) is 0 Å². The molecule has 100 valence electrons. The number of hydrogen-bond acceptors (Lipinski definition) is 7. The summed E-state index contributed by atoms with van der Waals surface area (Å²) < 4.78 is 3.60. The molecule has 1 aromatic carbocycles. The minimum absolute atomic E-state index is 0.154. The Balaban J connectivity index is 1.87. The van der Waals surface area contributed by atoms with Crippen LogP contribution in [-0.4, -0.2) is 32.4 Å². The lowest BCUT2D eigenvalue weighted by atomic mass is 10.1. The number of imide groups is 1. The number of aromatic nitrogens is 2. The Kier molecular flexibility index (Phi) is 2.79. The second kappa shape index (κ2) is 4.49. The third-order valence-corrected chi connectivity index (χ3v) is 3.58. The Hall–Kier alpha value is -2.61. The van der Waals surface area contributed by atoms with Gasteiger partial charge in [0.1, 0.15) is 0 Å². The summed E-state index contributed by atoms with van der Waals surface area (Å²) in [7, 11) is 0. The van der Waals surface area contributed by atoms with Crippen molar-refractivity contribution < 1.29 is 19.2 Å². The van der Waals surface area contributed by atoms with Crippen LogP contribution < -0.4 is 0 Å². The van der Waals surface area contributed by atoms with Gasteiger partial charge in [-0.15, -0.1) is 5.10 Å². The number of amides is 2. The van der Waals surface area contributed by atoms with Crippen LogP contribution in [0.25, 0.3) is 0 Å². The summed E-state index contributed by atoms with van der Waals surface area (Å²) >= 11 is 0.842. The van der Waals surface area contributed by atoms with Crippen LogP contribution in [0, 0.1) is 6.92 Å². The maximum absolute atomic E-state index is 12.0. The highest BCUT2D eigenvalue weighted by Crippen LogP contribution is 2.23. The topological polar surface area (TPSA) is 89.5 Å². The van der Waals surface area contributed by atoms with Crippen LogP contribution in [0.1, 0.15) is 36.1 Å². The normalized spacial score (nSPS) is 13.6. The van der Waals surface area contributed by atoms with Gasteiger partial charge in [0.05, 0.1) is 16.8 Å². The van der Waals surface area contributed by atoms with Crippen LogP contribution in [0.2, 0.25) is 0 Å². The largest absolute Gasteiger partial charge is 0.377 e. The van der Waals surface area contributed by atoms with Crippen molar-refractivity contribution in [2.45, 2.75) is 6.92 Å². The molecule has 0 saturated heterocycles. The van der Waals surface area contributed by atoms with Gasteiger partial charge in [-0.2, -0.15) is 0 Å². The predicted octanol–water partition coefficient (Wildman–Crippen LogP) is 1.21. The number of carbonyl (C=O) groups is 3. The minimum Gasteiger partial charge on any atom is -0.323 e. The lowest BCUT2D eigenvalue weighted by Crippen LogP contribution is -2.32. The molecule has 0 aliphatic carbocycles. The van der Waals surface area contributed by atoms with Crippen molar-refractivity contribution >= 4 is 29.3 Å². The molecule has 0 unspecified atom stereocenters. The molecule has 0 fully saturated rings. The molecule has 1 aliphatic rings. The first-order valence-corrected chi connectivity index (χ1v) is 6.36. The van der Waals surface area contributed by atoms with E-state index in [1.54, 1.807) is 19.1 Å². The molecule has 0 bridgehead atoms. The summed E-state index contributed by atoms with van der Waals surface area (Å²) in [5.41, 5.74) is 0.811. The maximum Gasteiger partial charge on any atom is 0.377 e. The van der Waals surface area contributed by atoms with E-state index in [0.717, 1.165) is 11.5 Å². The van der Waals surface area contributed by atoms with Crippen LogP contribution in [0.4, 0.5) is 0 Å². The number of rotatable bonds is 2. The van der Waals surface area contributed by atoms with E-state index in [0.29, 0.717) is 10.8 Å². The van der Waals surface area contributed by atoms with Gasteiger partial charge >= 0.3 is 5.97 Å². The summed E-state index contributed by atoms with van der Waals surface area (Å²) in [6, 6.07) is 6.27. The molecule has 2 amide bonds. The molecule has 1 aromatic heterocycles. The molecule has 0 saturated carbocycles. The summed E-state index contributed by atoms with van der Waals surface area (Å²) in [6.45, 7) is 1.59. The van der Waals surface area contributed by atoms with Gasteiger partial charge in [0, 0.05) is 0 Å². The highest BCUT2D eigenvalue weighted by Gasteiger charge is 2.39. The van der Waals surface area contributed by atoms with E-state index in [1.807, 2.05) is 0 Å². The molecule has 8 heteroatoms. The van der Waals surface area contributed by atoms with E-state index in [4.69, 9.17) is 4.84 Å². The third kappa shape index (κ3) is 1.77. The van der Waals surface area contributed by atoms with Crippen molar-refractivity contribution in [2.24, 2.45) is 0 Å². The van der Waals surface area contributed by atoms with E-state index < -0.39 is 17.8 Å². The SMILES string of the molecule is Cc1nnsc1C(=O)ON1C(=O)c2ccccc2C1=O. The smallest absolute Gasteiger partial charge is 0.323 e. The number of fused-ring (bicyclic) bond motifs is 1. The number of hydroxylamine groups is 2. The first kappa shape index (κ1) is 12.4. The van der Waals surface area contributed by atoms with Crippen LogP contribution in [0.5, 0.6) is 0 Å². The minimum atomic E-state index is -0.827. The molecule has 3 rings (SSSR count). The first-order chi connectivity index (χ1) is 9.59. The zero-order valence-corrected chi connectivity index (χ0v) is 11.0. The number of nitrogens with zero attached hydrogens (tertiary/aromatic N) is 3. The van der Waals surface area contributed by atoms with Gasteiger partial charge in [-0.05, 0) is 30.6 Å². The molecule has 0 spiro atoms. The highest BCUT2D eigenvalue weighted by atomic mass is 32.1. The van der Waals surface area contributed by atoms with Crippen molar-refractivity contribution in [3.05, 3.63) is 46.0 Å². The fourth-order valence-corrected chi connectivity index (χ4v) is 2.32. The van der Waals surface area contributed by atoms with Crippen molar-refractivity contribution in [1.29, 1.82) is 0 Å². The van der Waals surface area contributed by atoms with Gasteiger partial charge < -0.3 is 4.84 Å². The van der Waals surface area contributed by atoms with Gasteiger partial charge in [-0.1, -0.05) is 21.7 Å². The number of hydrogen-bond donors (Lipinski definition) is 0. The average molecular weight is 289 g/mol. The molecular weight excluding hydrogens is 282 g/mol. The van der Waals surface area contributed by atoms with Gasteiger partial charge in [0.25, 0.3) is 11.8 Å². The third-order valence-electron chi connectivity index (χ3n) is 2.77. The van der Waals surface area contributed by atoms with Crippen molar-refractivity contribution in [3.63, 3.8) is 0 Å². The monoisotopic (exact) mass is 289 g/mol. The highest BCUT2D eigenvalue weighted by molar-refractivity contribution is 7.07. The van der Waals surface area contributed by atoms with E-state index in [2.05, 4.69) is 9.59 Å². The second-order valence-electron chi connectivity index (χ2n) is 4.02. The molecule has 0 atom stereocenters. The van der Waals surface area contributed by atoms with Crippen LogP contribution >= 0.6 is 11.5 Å². The summed E-state index contributed by atoms with van der Waals surface area (Å²) in [5, 5.41) is 4.13. The van der Waals surface area contributed by atoms with Crippen molar-refractivity contribution in [2.75, 3.05) is 0 Å². The lowest BCUT2D eigenvalue weighted by Gasteiger charge is -2.11. The predicted molar refractivity (Wildman–Crippen MR) is 67.0 cm³/mol. The Labute approximate surface area is 116 Å². The number of benzene rings is 1. The molecule has 2 aromatic rings. The molecule has 7 nitrogen and oxygen atoms in total. The number of aryl methyl sites for hydroxylation is 1. The standard InChI is InChI=1S/C12H7N3O4S/c1-6-9(20-14-13-6)12(18)19-15-10(16)7-4-2-3-5-8(7)11(15)17/h2-5H,1H3. The Bertz CT molecular complexity index is 705. The number of carbonyl (C=O) groups excluding carboxylic acids is 3. The fraction of sp³-hybridized carbons (Fsp3) is 0.0833. The fourth-order valence-electron chi connectivity index (χ4n) is 1.79. The maximum atomic E-state index is 12.0. The molecule has 2 heterocycles.